The van der Waals surface area contributed by atoms with Gasteiger partial charge in [0.1, 0.15) is 0 Å². The van der Waals surface area contributed by atoms with Gasteiger partial charge in [-0.3, -0.25) is 0 Å². The zero-order chi connectivity index (χ0) is 22.9. The molecule has 1 aliphatic heterocycles. The first kappa shape index (κ1) is 19.3. The van der Waals surface area contributed by atoms with Crippen LogP contribution in [0.4, 0.5) is 0 Å². The molecular formula is C30H28O4. The van der Waals surface area contributed by atoms with E-state index in [2.05, 4.69) is 31.2 Å². The van der Waals surface area contributed by atoms with Crippen LogP contribution >= 0.6 is 0 Å². The van der Waals surface area contributed by atoms with Crippen LogP contribution in [0.2, 0.25) is 0 Å². The number of fused-ring (bicyclic) bond motifs is 4. The Hall–Kier alpha value is -3.01. The summed E-state index contributed by atoms with van der Waals surface area (Å²) < 4.78 is 12.1. The Kier molecular flexibility index (Phi) is 3.39. The molecule has 34 heavy (non-hydrogen) atoms. The third-order valence-corrected chi connectivity index (χ3v) is 10.1. The predicted octanol–water partition coefficient (Wildman–Crippen LogP) is 6.79. The second-order valence-corrected chi connectivity index (χ2v) is 12.2. The molecule has 8 rings (SSSR count). The molecule has 1 N–H and O–H groups in total. The van der Waals surface area contributed by atoms with Crippen molar-refractivity contribution in [2.75, 3.05) is 6.79 Å². The molecule has 4 heteroatoms. The van der Waals surface area contributed by atoms with Crippen LogP contribution < -0.4 is 9.47 Å². The van der Waals surface area contributed by atoms with E-state index in [-0.39, 0.29) is 5.41 Å². The monoisotopic (exact) mass is 452 g/mol. The van der Waals surface area contributed by atoms with E-state index in [4.69, 9.17) is 9.47 Å². The summed E-state index contributed by atoms with van der Waals surface area (Å²) in [6, 6.07) is 16.1. The molecule has 1 spiro atoms. The molecule has 0 aromatic heterocycles. The van der Waals surface area contributed by atoms with Crippen LogP contribution in [0.5, 0.6) is 11.5 Å². The fraction of sp³-hybridized carbons (Fsp3) is 0.433. The Morgan fingerprint density at radius 1 is 0.882 bits per heavy atom. The lowest BCUT2D eigenvalue weighted by molar-refractivity contribution is 0.0697. The summed E-state index contributed by atoms with van der Waals surface area (Å²) in [4.78, 5) is 11.4. The normalized spacial score (nSPS) is 36.0. The molecule has 3 aromatic carbocycles. The molecule has 3 bridgehead atoms. The van der Waals surface area contributed by atoms with Crippen molar-refractivity contribution in [3.63, 3.8) is 0 Å². The van der Waals surface area contributed by atoms with Crippen LogP contribution in [0.25, 0.3) is 21.9 Å². The fourth-order valence-corrected chi connectivity index (χ4v) is 9.04. The molecule has 4 fully saturated rings. The average molecular weight is 453 g/mol. The van der Waals surface area contributed by atoms with Crippen LogP contribution in [0.15, 0.2) is 48.5 Å². The minimum Gasteiger partial charge on any atom is -0.478 e. The van der Waals surface area contributed by atoms with E-state index in [9.17, 15) is 9.90 Å². The molecule has 0 saturated heterocycles. The molecule has 5 unspecified atom stereocenters. The minimum absolute atomic E-state index is 0.194. The zero-order valence-corrected chi connectivity index (χ0v) is 19.4. The van der Waals surface area contributed by atoms with Crippen molar-refractivity contribution in [1.29, 1.82) is 0 Å². The second kappa shape index (κ2) is 5.97. The summed E-state index contributed by atoms with van der Waals surface area (Å²) in [7, 11) is 0. The predicted molar refractivity (Wildman–Crippen MR) is 129 cm³/mol. The highest BCUT2D eigenvalue weighted by molar-refractivity contribution is 5.95. The summed E-state index contributed by atoms with van der Waals surface area (Å²) in [5.41, 5.74) is 5.30. The Balaban J connectivity index is 1.27. The molecule has 3 aromatic rings. The van der Waals surface area contributed by atoms with Crippen LogP contribution in [0.1, 0.15) is 61.4 Å². The highest BCUT2D eigenvalue weighted by Gasteiger charge is 2.74. The molecule has 1 heterocycles. The number of hydrogen-bond donors (Lipinski definition) is 1. The number of rotatable bonds is 3. The van der Waals surface area contributed by atoms with E-state index in [1.54, 1.807) is 12.1 Å². The van der Waals surface area contributed by atoms with Gasteiger partial charge in [0, 0.05) is 11.0 Å². The number of carbonyl (C=O) groups is 1. The van der Waals surface area contributed by atoms with Crippen molar-refractivity contribution in [3.8, 4) is 22.6 Å². The standard InChI is InChI=1S/C30H28O4/c1-28-10-22-11-29(14-28,12-23-13-30(22,23)15-28)24-8-21(9-25-26(24)34-16-33-25)19-3-2-18-7-20(27(31)32)5-4-17(18)6-19/h2-9,22-23H,10-16H2,1H3,(H,31,32). The number of ether oxygens (including phenoxy) is 2. The van der Waals surface area contributed by atoms with Crippen LogP contribution in [-0.4, -0.2) is 17.9 Å². The number of carboxylic acid groups (broad SMARTS) is 1. The summed E-state index contributed by atoms with van der Waals surface area (Å²) in [5.74, 6) is 2.72. The number of benzene rings is 3. The maximum Gasteiger partial charge on any atom is 0.335 e. The van der Waals surface area contributed by atoms with E-state index in [1.165, 1.54) is 44.1 Å². The molecule has 4 saturated carbocycles. The lowest BCUT2D eigenvalue weighted by Crippen LogP contribution is -2.41. The quantitative estimate of drug-likeness (QED) is 0.475. The Bertz CT molecular complexity index is 1420. The van der Waals surface area contributed by atoms with Crippen molar-refractivity contribution >= 4 is 16.7 Å². The molecule has 4 nitrogen and oxygen atoms in total. The molecule has 172 valence electrons. The van der Waals surface area contributed by atoms with Crippen LogP contribution in [-0.2, 0) is 5.41 Å². The van der Waals surface area contributed by atoms with Gasteiger partial charge in [-0.25, -0.2) is 4.79 Å². The van der Waals surface area contributed by atoms with E-state index in [0.29, 0.717) is 23.2 Å². The molecule has 5 aliphatic rings. The van der Waals surface area contributed by atoms with Crippen molar-refractivity contribution in [1.82, 2.24) is 0 Å². The number of hydrogen-bond acceptors (Lipinski definition) is 3. The van der Waals surface area contributed by atoms with E-state index >= 15 is 0 Å². The maximum absolute atomic E-state index is 11.4. The summed E-state index contributed by atoms with van der Waals surface area (Å²) in [6.45, 7) is 2.84. The van der Waals surface area contributed by atoms with Gasteiger partial charge in [0.05, 0.1) is 5.56 Å². The third-order valence-electron chi connectivity index (χ3n) is 10.1. The van der Waals surface area contributed by atoms with E-state index < -0.39 is 5.97 Å². The van der Waals surface area contributed by atoms with Gasteiger partial charge >= 0.3 is 5.97 Å². The molecule has 0 radical (unpaired) electrons. The first-order valence-corrected chi connectivity index (χ1v) is 12.6. The van der Waals surface area contributed by atoms with Crippen LogP contribution in [0, 0.1) is 22.7 Å². The minimum atomic E-state index is -0.895. The molecule has 4 aliphatic carbocycles. The third kappa shape index (κ3) is 2.41. The van der Waals surface area contributed by atoms with Crippen molar-refractivity contribution in [2.45, 2.75) is 50.9 Å². The van der Waals surface area contributed by atoms with Gasteiger partial charge in [0.25, 0.3) is 0 Å². The molecular weight excluding hydrogens is 424 g/mol. The summed E-state index contributed by atoms with van der Waals surface area (Å²) in [6.07, 6.45) is 8.15. The lowest BCUT2D eigenvalue weighted by Gasteiger charge is -2.48. The number of carboxylic acids is 1. The lowest BCUT2D eigenvalue weighted by atomic mass is 9.56. The van der Waals surface area contributed by atoms with Crippen molar-refractivity contribution in [3.05, 3.63) is 59.7 Å². The Labute approximate surface area is 198 Å². The Morgan fingerprint density at radius 2 is 1.68 bits per heavy atom. The summed E-state index contributed by atoms with van der Waals surface area (Å²) >= 11 is 0. The van der Waals surface area contributed by atoms with Gasteiger partial charge in [-0.2, -0.15) is 0 Å². The first-order chi connectivity index (χ1) is 16.4. The topological polar surface area (TPSA) is 55.8 Å². The first-order valence-electron chi connectivity index (χ1n) is 12.6. The van der Waals surface area contributed by atoms with Gasteiger partial charge in [-0.1, -0.05) is 25.1 Å². The van der Waals surface area contributed by atoms with Crippen molar-refractivity contribution in [2.24, 2.45) is 22.7 Å². The average Bonchev–Trinajstić information content (AvgIpc) is 3.21. The smallest absolute Gasteiger partial charge is 0.335 e. The SMILES string of the molecule is CC12CC3CC(c4cc(-c5ccc6cc(C(=O)O)ccc6c5)cc5c4OCO5)(CC4CC34C1)C2. The highest BCUT2D eigenvalue weighted by atomic mass is 16.7. The molecule has 0 amide bonds. The van der Waals surface area contributed by atoms with E-state index in [0.717, 1.165) is 45.2 Å². The summed E-state index contributed by atoms with van der Waals surface area (Å²) in [5, 5.41) is 11.3. The maximum atomic E-state index is 11.4. The Morgan fingerprint density at radius 3 is 2.53 bits per heavy atom. The van der Waals surface area contributed by atoms with Gasteiger partial charge in [0.2, 0.25) is 6.79 Å². The largest absolute Gasteiger partial charge is 0.478 e. The van der Waals surface area contributed by atoms with Gasteiger partial charge in [-0.05, 0) is 113 Å². The van der Waals surface area contributed by atoms with Gasteiger partial charge in [-0.15, -0.1) is 0 Å². The number of aromatic carboxylic acids is 1. The fourth-order valence-electron chi connectivity index (χ4n) is 9.04. The van der Waals surface area contributed by atoms with Gasteiger partial charge < -0.3 is 14.6 Å². The second-order valence-electron chi connectivity index (χ2n) is 12.2. The zero-order valence-electron chi connectivity index (χ0n) is 19.4. The van der Waals surface area contributed by atoms with Crippen LogP contribution in [0.3, 0.4) is 0 Å². The van der Waals surface area contributed by atoms with E-state index in [1.807, 2.05) is 12.1 Å². The van der Waals surface area contributed by atoms with Crippen molar-refractivity contribution < 1.29 is 19.4 Å². The van der Waals surface area contributed by atoms with Gasteiger partial charge in [0.15, 0.2) is 11.5 Å². The molecule has 5 atom stereocenters. The highest BCUT2D eigenvalue weighted by Crippen LogP contribution is 2.82.